The molecule has 1 saturated heterocycles. The lowest BCUT2D eigenvalue weighted by Crippen LogP contribution is -2.39. The van der Waals surface area contributed by atoms with Gasteiger partial charge in [-0.15, -0.1) is 0 Å². The second-order valence-corrected chi connectivity index (χ2v) is 3.53. The van der Waals surface area contributed by atoms with Crippen LogP contribution in [-0.2, 0) is 14.4 Å². The molecule has 2 amide bonds. The average molecular weight is 198 g/mol. The van der Waals surface area contributed by atoms with E-state index in [1.807, 2.05) is 0 Å². The maximum atomic E-state index is 11.4. The number of imide groups is 1. The van der Waals surface area contributed by atoms with E-state index in [-0.39, 0.29) is 24.9 Å². The SMILES string of the molecule is NCCN1C(=O)C2C(C(=O)O)C2C1=O. The fourth-order valence-electron chi connectivity index (χ4n) is 2.05. The molecule has 1 aliphatic carbocycles. The Labute approximate surface area is 79.7 Å². The number of nitrogens with zero attached hydrogens (tertiary/aromatic N) is 1. The molecule has 1 saturated carbocycles. The Morgan fingerprint density at radius 1 is 1.36 bits per heavy atom. The van der Waals surface area contributed by atoms with Crippen molar-refractivity contribution in [1.29, 1.82) is 0 Å². The molecule has 6 nitrogen and oxygen atoms in total. The number of hydrogen-bond acceptors (Lipinski definition) is 4. The number of likely N-dealkylation sites (tertiary alicyclic amines) is 1. The Bertz CT molecular complexity index is 305. The topological polar surface area (TPSA) is 101 Å². The maximum absolute atomic E-state index is 11.4. The molecule has 0 radical (unpaired) electrons. The van der Waals surface area contributed by atoms with Crippen LogP contribution in [0.3, 0.4) is 0 Å². The maximum Gasteiger partial charge on any atom is 0.308 e. The number of piperidine rings is 1. The van der Waals surface area contributed by atoms with Gasteiger partial charge in [-0.3, -0.25) is 19.3 Å². The lowest BCUT2D eigenvalue weighted by atomic mass is 10.2. The highest BCUT2D eigenvalue weighted by atomic mass is 16.4. The van der Waals surface area contributed by atoms with Gasteiger partial charge >= 0.3 is 5.97 Å². The number of amides is 2. The van der Waals surface area contributed by atoms with Crippen molar-refractivity contribution in [2.75, 3.05) is 13.1 Å². The molecule has 1 heterocycles. The van der Waals surface area contributed by atoms with Crippen molar-refractivity contribution < 1.29 is 19.5 Å². The summed E-state index contributed by atoms with van der Waals surface area (Å²) in [6.45, 7) is 0.408. The molecule has 2 atom stereocenters. The molecule has 1 aliphatic heterocycles. The number of fused-ring (bicyclic) bond motifs is 1. The van der Waals surface area contributed by atoms with Gasteiger partial charge in [-0.25, -0.2) is 0 Å². The van der Waals surface area contributed by atoms with Crippen molar-refractivity contribution >= 4 is 17.8 Å². The molecule has 2 rings (SSSR count). The largest absolute Gasteiger partial charge is 0.481 e. The number of carbonyl (C=O) groups excluding carboxylic acids is 2. The lowest BCUT2D eigenvalue weighted by Gasteiger charge is -2.15. The Hall–Kier alpha value is -1.43. The minimum absolute atomic E-state index is 0.191. The van der Waals surface area contributed by atoms with Gasteiger partial charge in [0, 0.05) is 13.1 Å². The van der Waals surface area contributed by atoms with Crippen molar-refractivity contribution in [3.63, 3.8) is 0 Å². The van der Waals surface area contributed by atoms with Crippen molar-refractivity contribution in [3.8, 4) is 0 Å². The zero-order valence-electron chi connectivity index (χ0n) is 7.34. The van der Waals surface area contributed by atoms with Crippen LogP contribution in [0.2, 0.25) is 0 Å². The summed E-state index contributed by atoms with van der Waals surface area (Å²) >= 11 is 0. The zero-order valence-corrected chi connectivity index (χ0v) is 7.34. The highest BCUT2D eigenvalue weighted by Crippen LogP contribution is 2.53. The third kappa shape index (κ3) is 0.971. The lowest BCUT2D eigenvalue weighted by molar-refractivity contribution is -0.148. The molecule has 0 aromatic carbocycles. The number of aliphatic carboxylic acids is 1. The van der Waals surface area contributed by atoms with Crippen LogP contribution in [0.4, 0.5) is 0 Å². The standard InChI is InChI=1S/C8H10N2O4/c9-1-2-10-6(11)3-4(7(10)12)5(3)8(13)14/h3-5H,1-2,9H2,(H,13,14). The first-order valence-electron chi connectivity index (χ1n) is 4.37. The molecule has 14 heavy (non-hydrogen) atoms. The van der Waals surface area contributed by atoms with Crippen molar-refractivity contribution in [1.82, 2.24) is 4.90 Å². The molecule has 6 heteroatoms. The number of carboxylic acids is 1. The average Bonchev–Trinajstić information content (AvgIpc) is 2.81. The van der Waals surface area contributed by atoms with Crippen LogP contribution in [0.15, 0.2) is 0 Å². The molecule has 2 fully saturated rings. The summed E-state index contributed by atoms with van der Waals surface area (Å²) in [5.41, 5.74) is 5.23. The van der Waals surface area contributed by atoms with E-state index in [9.17, 15) is 14.4 Å². The van der Waals surface area contributed by atoms with Crippen LogP contribution < -0.4 is 5.73 Å². The van der Waals surface area contributed by atoms with E-state index in [4.69, 9.17) is 10.8 Å². The number of hydrogen-bond donors (Lipinski definition) is 2. The first-order valence-corrected chi connectivity index (χ1v) is 4.37. The summed E-state index contributed by atoms with van der Waals surface area (Å²) in [7, 11) is 0. The van der Waals surface area contributed by atoms with E-state index in [2.05, 4.69) is 0 Å². The van der Waals surface area contributed by atoms with Crippen LogP contribution in [0, 0.1) is 17.8 Å². The van der Waals surface area contributed by atoms with E-state index >= 15 is 0 Å². The molecule has 0 bridgehead atoms. The highest BCUT2D eigenvalue weighted by Gasteiger charge is 2.70. The molecule has 0 spiro atoms. The summed E-state index contributed by atoms with van der Waals surface area (Å²) in [5, 5.41) is 8.66. The van der Waals surface area contributed by atoms with E-state index in [0.717, 1.165) is 4.90 Å². The van der Waals surface area contributed by atoms with Crippen molar-refractivity contribution in [3.05, 3.63) is 0 Å². The number of rotatable bonds is 3. The van der Waals surface area contributed by atoms with Crippen molar-refractivity contribution in [2.24, 2.45) is 23.5 Å². The Kier molecular flexibility index (Phi) is 1.81. The Balaban J connectivity index is 2.13. The first-order chi connectivity index (χ1) is 6.59. The third-order valence-electron chi connectivity index (χ3n) is 2.76. The van der Waals surface area contributed by atoms with Gasteiger partial charge in [-0.05, 0) is 0 Å². The monoisotopic (exact) mass is 198 g/mol. The molecule has 76 valence electrons. The quantitative estimate of drug-likeness (QED) is 0.524. The minimum Gasteiger partial charge on any atom is -0.481 e. The van der Waals surface area contributed by atoms with Crippen molar-refractivity contribution in [2.45, 2.75) is 0 Å². The summed E-state index contributed by atoms with van der Waals surface area (Å²) in [6.07, 6.45) is 0. The number of nitrogens with two attached hydrogens (primary N) is 1. The van der Waals surface area contributed by atoms with Gasteiger partial charge in [-0.1, -0.05) is 0 Å². The molecule has 3 N–H and O–H groups in total. The van der Waals surface area contributed by atoms with Crippen LogP contribution in [0.25, 0.3) is 0 Å². The molecule has 2 aliphatic rings. The summed E-state index contributed by atoms with van der Waals surface area (Å²) < 4.78 is 0. The van der Waals surface area contributed by atoms with Crippen LogP contribution in [-0.4, -0.2) is 40.9 Å². The summed E-state index contributed by atoms with van der Waals surface area (Å²) in [4.78, 5) is 34.5. The van der Waals surface area contributed by atoms with E-state index in [0.29, 0.717) is 0 Å². The number of carboxylic acid groups (broad SMARTS) is 1. The van der Waals surface area contributed by atoms with Crippen LogP contribution in [0.5, 0.6) is 0 Å². The van der Waals surface area contributed by atoms with Gasteiger partial charge in [0.1, 0.15) is 0 Å². The fourth-order valence-corrected chi connectivity index (χ4v) is 2.05. The fraction of sp³-hybridized carbons (Fsp3) is 0.625. The van der Waals surface area contributed by atoms with E-state index < -0.39 is 23.7 Å². The van der Waals surface area contributed by atoms with Gasteiger partial charge < -0.3 is 10.8 Å². The van der Waals surface area contributed by atoms with Gasteiger partial charge in [-0.2, -0.15) is 0 Å². The zero-order chi connectivity index (χ0) is 10.5. The highest BCUT2D eigenvalue weighted by molar-refractivity contribution is 6.13. The normalized spacial score (nSPS) is 34.6. The van der Waals surface area contributed by atoms with Crippen LogP contribution >= 0.6 is 0 Å². The summed E-state index contributed by atoms with van der Waals surface area (Å²) in [6, 6.07) is 0. The minimum atomic E-state index is -1.06. The van der Waals surface area contributed by atoms with Crippen LogP contribution in [0.1, 0.15) is 0 Å². The Morgan fingerprint density at radius 3 is 2.21 bits per heavy atom. The molecule has 0 aromatic heterocycles. The molecular formula is C8H10N2O4. The van der Waals surface area contributed by atoms with E-state index in [1.54, 1.807) is 0 Å². The number of carbonyl (C=O) groups is 3. The van der Waals surface area contributed by atoms with Gasteiger partial charge in [0.2, 0.25) is 11.8 Å². The predicted molar refractivity (Wildman–Crippen MR) is 43.9 cm³/mol. The Morgan fingerprint density at radius 2 is 1.86 bits per heavy atom. The molecule has 2 unspecified atom stereocenters. The van der Waals surface area contributed by atoms with E-state index in [1.165, 1.54) is 0 Å². The van der Waals surface area contributed by atoms with Gasteiger partial charge in [0.25, 0.3) is 0 Å². The summed E-state index contributed by atoms with van der Waals surface area (Å²) in [5.74, 6) is -3.84. The molecule has 0 aromatic rings. The first kappa shape index (κ1) is 9.14. The third-order valence-corrected chi connectivity index (χ3v) is 2.76. The second kappa shape index (κ2) is 2.78. The molecular weight excluding hydrogens is 188 g/mol. The second-order valence-electron chi connectivity index (χ2n) is 3.53. The smallest absolute Gasteiger partial charge is 0.308 e. The van der Waals surface area contributed by atoms with Gasteiger partial charge in [0.05, 0.1) is 17.8 Å². The van der Waals surface area contributed by atoms with Gasteiger partial charge in [0.15, 0.2) is 0 Å². The predicted octanol–water partition coefficient (Wildman–Crippen LogP) is -1.74.